The van der Waals surface area contributed by atoms with Crippen LogP contribution in [-0.2, 0) is 44.6 Å². The van der Waals surface area contributed by atoms with Crippen molar-refractivity contribution < 1.29 is 55.1 Å². The standard InChI is InChI=1S/C28H38F2N4O10S2/c1-17-31-12-22(45-17)26(38)34-21(14-43-5)25(37)33-20(13-42-4)24(36)32-19(11-18-9-7-6-8-10-18)23(35)27(2,39)15-44-46(40,41)16-28(3,29)30/h6-10,12,19-21,39H,11,13-16H2,1-5H3,(H,32,36)(H,33,37)(H,34,38)/t19?,20-,21-,27+/m0/s1. The number of aliphatic hydroxyl groups is 1. The zero-order chi connectivity index (χ0) is 34.7. The number of alkyl halides is 2. The van der Waals surface area contributed by atoms with Crippen molar-refractivity contribution in [2.24, 2.45) is 0 Å². The fraction of sp³-hybridized carbons (Fsp3) is 0.536. The number of Topliss-reactive ketones (excluding diaryl/α,β-unsaturated/α-hetero) is 1. The molecule has 1 aromatic heterocycles. The molecule has 2 aromatic rings. The highest BCUT2D eigenvalue weighted by molar-refractivity contribution is 7.86. The Hall–Kier alpha value is -3.42. The van der Waals surface area contributed by atoms with Crippen LogP contribution in [0.15, 0.2) is 36.5 Å². The lowest BCUT2D eigenvalue weighted by Crippen LogP contribution is -2.60. The second-order valence-electron chi connectivity index (χ2n) is 10.7. The summed E-state index contributed by atoms with van der Waals surface area (Å²) < 4.78 is 65.2. The average Bonchev–Trinajstić information content (AvgIpc) is 3.40. The summed E-state index contributed by atoms with van der Waals surface area (Å²) in [5.41, 5.74) is -2.03. The van der Waals surface area contributed by atoms with Crippen LogP contribution in [0.1, 0.15) is 34.1 Å². The Kier molecular flexibility index (Phi) is 14.3. The summed E-state index contributed by atoms with van der Waals surface area (Å²) >= 11 is 1.11. The van der Waals surface area contributed by atoms with Gasteiger partial charge in [-0.05, 0) is 25.8 Å². The summed E-state index contributed by atoms with van der Waals surface area (Å²) in [7, 11) is -2.29. The van der Waals surface area contributed by atoms with Gasteiger partial charge in [0.1, 0.15) is 34.9 Å². The van der Waals surface area contributed by atoms with Crippen molar-refractivity contribution in [1.82, 2.24) is 20.9 Å². The third kappa shape index (κ3) is 12.8. The maximum Gasteiger partial charge on any atom is 0.273 e. The second-order valence-corrected chi connectivity index (χ2v) is 13.5. The number of rotatable bonds is 19. The first-order valence-corrected chi connectivity index (χ1v) is 16.1. The molecule has 0 aliphatic carbocycles. The number of nitrogens with zero attached hydrogens (tertiary/aromatic N) is 1. The van der Waals surface area contributed by atoms with Gasteiger partial charge in [-0.3, -0.25) is 23.4 Å². The molecule has 0 aliphatic rings. The normalized spacial score (nSPS) is 15.2. The van der Waals surface area contributed by atoms with Crippen LogP contribution in [0.2, 0.25) is 0 Å². The molecule has 0 bridgehead atoms. The van der Waals surface area contributed by atoms with Gasteiger partial charge in [-0.25, -0.2) is 13.8 Å². The second kappa shape index (κ2) is 16.9. The minimum atomic E-state index is -4.84. The summed E-state index contributed by atoms with van der Waals surface area (Å²) in [4.78, 5) is 57.0. The van der Waals surface area contributed by atoms with Gasteiger partial charge in [0.25, 0.3) is 21.9 Å². The van der Waals surface area contributed by atoms with E-state index in [1.165, 1.54) is 20.4 Å². The van der Waals surface area contributed by atoms with Gasteiger partial charge in [0.15, 0.2) is 5.78 Å². The molecule has 1 heterocycles. The maximum atomic E-state index is 13.5. The van der Waals surface area contributed by atoms with E-state index in [9.17, 15) is 41.5 Å². The first kappa shape index (κ1) is 38.8. The van der Waals surface area contributed by atoms with Crippen molar-refractivity contribution in [1.29, 1.82) is 0 Å². The molecule has 1 unspecified atom stereocenters. The quantitative estimate of drug-likeness (QED) is 0.148. The highest BCUT2D eigenvalue weighted by atomic mass is 32.2. The Labute approximate surface area is 269 Å². The molecule has 0 saturated carbocycles. The fourth-order valence-electron chi connectivity index (χ4n) is 4.00. The van der Waals surface area contributed by atoms with Crippen molar-refractivity contribution in [3.8, 4) is 0 Å². The van der Waals surface area contributed by atoms with E-state index in [2.05, 4.69) is 25.1 Å². The molecule has 0 aliphatic heterocycles. The molecule has 4 N–H and O–H groups in total. The Bertz CT molecular complexity index is 1450. The molecule has 3 amide bonds. The van der Waals surface area contributed by atoms with E-state index < -0.39 is 75.6 Å². The summed E-state index contributed by atoms with van der Waals surface area (Å²) in [5.74, 6) is -8.77. The SMILES string of the molecule is COC[C@H](NC(=O)c1cnc(C)s1)C(=O)N[C@@H](COC)C(=O)NC(Cc1ccccc1)C(=O)[C@](C)(O)COS(=O)(=O)CC(C)(F)F. The monoisotopic (exact) mass is 692 g/mol. The largest absolute Gasteiger partial charge is 0.382 e. The smallest absolute Gasteiger partial charge is 0.273 e. The van der Waals surface area contributed by atoms with Crippen LogP contribution in [0.25, 0.3) is 0 Å². The van der Waals surface area contributed by atoms with E-state index in [4.69, 9.17) is 9.47 Å². The van der Waals surface area contributed by atoms with E-state index in [1.807, 2.05) is 0 Å². The number of methoxy groups -OCH3 is 2. The number of carbonyl (C=O) groups excluding carboxylic acids is 4. The minimum Gasteiger partial charge on any atom is -0.382 e. The van der Waals surface area contributed by atoms with E-state index in [0.717, 1.165) is 18.3 Å². The van der Waals surface area contributed by atoms with Crippen LogP contribution in [0.4, 0.5) is 8.78 Å². The first-order valence-electron chi connectivity index (χ1n) is 13.7. The van der Waals surface area contributed by atoms with Gasteiger partial charge in [0.2, 0.25) is 11.8 Å². The van der Waals surface area contributed by atoms with Crippen LogP contribution < -0.4 is 16.0 Å². The van der Waals surface area contributed by atoms with Crippen molar-refractivity contribution in [3.63, 3.8) is 0 Å². The Morgan fingerprint density at radius 2 is 1.50 bits per heavy atom. The lowest BCUT2D eigenvalue weighted by molar-refractivity contribution is -0.143. The number of hydrogen-bond donors (Lipinski definition) is 4. The van der Waals surface area contributed by atoms with E-state index in [-0.39, 0.29) is 24.5 Å². The molecule has 0 radical (unpaired) electrons. The van der Waals surface area contributed by atoms with Gasteiger partial charge < -0.3 is 30.5 Å². The lowest BCUT2D eigenvalue weighted by atomic mass is 9.91. The summed E-state index contributed by atoms with van der Waals surface area (Å²) in [5, 5.41) is 18.9. The highest BCUT2D eigenvalue weighted by Gasteiger charge is 2.41. The van der Waals surface area contributed by atoms with Crippen molar-refractivity contribution >= 4 is 45.0 Å². The zero-order valence-electron chi connectivity index (χ0n) is 25.9. The van der Waals surface area contributed by atoms with Crippen molar-refractivity contribution in [2.75, 3.05) is 39.8 Å². The Balaban J connectivity index is 2.25. The van der Waals surface area contributed by atoms with E-state index in [0.29, 0.717) is 17.5 Å². The number of hydrogen-bond acceptors (Lipinski definition) is 12. The zero-order valence-corrected chi connectivity index (χ0v) is 27.5. The van der Waals surface area contributed by atoms with Crippen LogP contribution in [0.3, 0.4) is 0 Å². The van der Waals surface area contributed by atoms with Gasteiger partial charge in [0, 0.05) is 21.1 Å². The molecule has 4 atom stereocenters. The number of ether oxygens (including phenoxy) is 2. The molecule has 14 nitrogen and oxygen atoms in total. The van der Waals surface area contributed by atoms with Crippen LogP contribution in [0.5, 0.6) is 0 Å². The number of benzene rings is 1. The summed E-state index contributed by atoms with van der Waals surface area (Å²) in [6.45, 7) is 1.13. The topological polar surface area (TPSA) is 199 Å². The Morgan fingerprint density at radius 3 is 2.00 bits per heavy atom. The van der Waals surface area contributed by atoms with Gasteiger partial charge >= 0.3 is 0 Å². The van der Waals surface area contributed by atoms with Crippen LogP contribution >= 0.6 is 11.3 Å². The third-order valence-electron chi connectivity index (χ3n) is 6.16. The molecule has 0 saturated heterocycles. The molecular formula is C28H38F2N4O10S2. The van der Waals surface area contributed by atoms with Crippen molar-refractivity contribution in [2.45, 2.75) is 56.8 Å². The number of aryl methyl sites for hydroxylation is 1. The average molecular weight is 693 g/mol. The minimum absolute atomic E-state index is 0.189. The highest BCUT2D eigenvalue weighted by Crippen LogP contribution is 2.19. The molecule has 46 heavy (non-hydrogen) atoms. The molecule has 0 fully saturated rings. The van der Waals surface area contributed by atoms with Crippen molar-refractivity contribution in [3.05, 3.63) is 52.0 Å². The molecule has 2 rings (SSSR count). The van der Waals surface area contributed by atoms with Crippen LogP contribution in [-0.4, -0.2) is 111 Å². The first-order chi connectivity index (χ1) is 21.4. The summed E-state index contributed by atoms with van der Waals surface area (Å²) in [6, 6.07) is 4.09. The van der Waals surface area contributed by atoms with E-state index >= 15 is 0 Å². The Morgan fingerprint density at radius 1 is 0.957 bits per heavy atom. The maximum absolute atomic E-state index is 13.5. The number of aromatic nitrogens is 1. The number of thiazole rings is 1. The number of amides is 3. The summed E-state index contributed by atoms with van der Waals surface area (Å²) in [6.07, 6.45) is 1.15. The third-order valence-corrected chi connectivity index (χ3v) is 8.41. The van der Waals surface area contributed by atoms with E-state index in [1.54, 1.807) is 37.3 Å². The van der Waals surface area contributed by atoms with Gasteiger partial charge in [-0.15, -0.1) is 11.3 Å². The van der Waals surface area contributed by atoms with Gasteiger partial charge in [0.05, 0.1) is 30.5 Å². The molecule has 1 aromatic carbocycles. The molecule has 18 heteroatoms. The van der Waals surface area contributed by atoms with Gasteiger partial charge in [-0.1, -0.05) is 30.3 Å². The molecule has 0 spiro atoms. The van der Waals surface area contributed by atoms with Gasteiger partial charge in [-0.2, -0.15) is 8.42 Å². The molecular weight excluding hydrogens is 654 g/mol. The lowest BCUT2D eigenvalue weighted by Gasteiger charge is -2.29. The predicted molar refractivity (Wildman–Crippen MR) is 162 cm³/mol. The fourth-order valence-corrected chi connectivity index (χ4v) is 5.80. The number of nitrogens with one attached hydrogen (secondary N) is 3. The molecule has 256 valence electrons. The predicted octanol–water partition coefficient (Wildman–Crippen LogP) is 0.377. The number of halogens is 2. The number of carbonyl (C=O) groups is 4. The van der Waals surface area contributed by atoms with Crippen LogP contribution in [0, 0.1) is 6.92 Å². The number of ketones is 1.